The molecular formula is C11H23N3O3. The Morgan fingerprint density at radius 2 is 1.88 bits per heavy atom. The largest absolute Gasteiger partial charge is 0.480 e. The number of amides is 2. The van der Waals surface area contributed by atoms with E-state index in [-0.39, 0.29) is 0 Å². The van der Waals surface area contributed by atoms with E-state index in [1.165, 1.54) is 6.92 Å². The first-order chi connectivity index (χ1) is 7.84. The van der Waals surface area contributed by atoms with E-state index in [0.29, 0.717) is 12.6 Å². The molecule has 0 heterocycles. The number of urea groups is 1. The monoisotopic (exact) mass is 245 g/mol. The molecule has 0 unspecified atom stereocenters. The van der Waals surface area contributed by atoms with E-state index in [4.69, 9.17) is 5.11 Å². The average molecular weight is 245 g/mol. The first-order valence-electron chi connectivity index (χ1n) is 5.82. The Hall–Kier alpha value is -1.30. The van der Waals surface area contributed by atoms with Gasteiger partial charge >= 0.3 is 12.0 Å². The molecule has 0 aliphatic heterocycles. The second-order valence-corrected chi connectivity index (χ2v) is 4.39. The van der Waals surface area contributed by atoms with Crippen molar-refractivity contribution in [2.24, 2.45) is 0 Å². The van der Waals surface area contributed by atoms with E-state index in [1.54, 1.807) is 0 Å². The predicted octanol–water partition coefficient (Wildman–Crippen LogP) is 0.489. The fraction of sp³-hybridized carbons (Fsp3) is 0.818. The summed E-state index contributed by atoms with van der Waals surface area (Å²) in [6, 6.07) is -0.823. The lowest BCUT2D eigenvalue weighted by atomic mass is 10.3. The highest BCUT2D eigenvalue weighted by molar-refractivity contribution is 5.82. The maximum Gasteiger partial charge on any atom is 0.325 e. The van der Waals surface area contributed by atoms with E-state index in [9.17, 15) is 9.59 Å². The SMILES string of the molecule is CC(C)N(C)CCCNC(=O)N[C@@H](C)C(=O)O. The quantitative estimate of drug-likeness (QED) is 0.570. The molecule has 0 radical (unpaired) electrons. The maximum atomic E-state index is 11.2. The van der Waals surface area contributed by atoms with Crippen molar-refractivity contribution in [3.63, 3.8) is 0 Å². The van der Waals surface area contributed by atoms with Gasteiger partial charge in [0.25, 0.3) is 0 Å². The van der Waals surface area contributed by atoms with Crippen LogP contribution >= 0.6 is 0 Å². The first-order valence-corrected chi connectivity index (χ1v) is 5.82. The highest BCUT2D eigenvalue weighted by Crippen LogP contribution is 1.94. The van der Waals surface area contributed by atoms with Crippen molar-refractivity contribution in [2.45, 2.75) is 39.3 Å². The molecule has 6 nitrogen and oxygen atoms in total. The molecule has 17 heavy (non-hydrogen) atoms. The zero-order valence-corrected chi connectivity index (χ0v) is 11.0. The predicted molar refractivity (Wildman–Crippen MR) is 66.0 cm³/mol. The van der Waals surface area contributed by atoms with Crippen molar-refractivity contribution in [2.75, 3.05) is 20.1 Å². The number of carbonyl (C=O) groups excluding carboxylic acids is 1. The van der Waals surface area contributed by atoms with Crippen molar-refractivity contribution in [3.8, 4) is 0 Å². The van der Waals surface area contributed by atoms with E-state index in [1.807, 2.05) is 7.05 Å². The molecule has 3 N–H and O–H groups in total. The van der Waals surface area contributed by atoms with Crippen LogP contribution in [-0.2, 0) is 4.79 Å². The van der Waals surface area contributed by atoms with Gasteiger partial charge in [0.1, 0.15) is 6.04 Å². The van der Waals surface area contributed by atoms with Crippen LogP contribution in [0.5, 0.6) is 0 Å². The summed E-state index contributed by atoms with van der Waals surface area (Å²) in [7, 11) is 2.03. The van der Waals surface area contributed by atoms with Gasteiger partial charge in [0.2, 0.25) is 0 Å². The third-order valence-corrected chi connectivity index (χ3v) is 2.57. The minimum absolute atomic E-state index is 0.438. The van der Waals surface area contributed by atoms with Gasteiger partial charge in [0, 0.05) is 12.6 Å². The molecule has 0 saturated heterocycles. The Labute approximate surface area is 102 Å². The van der Waals surface area contributed by atoms with Crippen molar-refractivity contribution < 1.29 is 14.7 Å². The molecule has 0 bridgehead atoms. The number of nitrogens with one attached hydrogen (secondary N) is 2. The molecule has 0 aromatic carbocycles. The minimum Gasteiger partial charge on any atom is -0.480 e. The van der Waals surface area contributed by atoms with Gasteiger partial charge in [-0.05, 0) is 40.8 Å². The van der Waals surface area contributed by atoms with Gasteiger partial charge in [0.15, 0.2) is 0 Å². The Bertz CT molecular complexity index is 256. The van der Waals surface area contributed by atoms with Crippen LogP contribution in [0.15, 0.2) is 0 Å². The van der Waals surface area contributed by atoms with Crippen LogP contribution in [0.2, 0.25) is 0 Å². The number of carboxylic acid groups (broad SMARTS) is 1. The summed E-state index contributed by atoms with van der Waals surface area (Å²) in [6.07, 6.45) is 0.837. The standard InChI is InChI=1S/C11H23N3O3/c1-8(2)14(4)7-5-6-12-11(17)13-9(3)10(15)16/h8-9H,5-7H2,1-4H3,(H,15,16)(H2,12,13,17)/t9-/m0/s1. The first kappa shape index (κ1) is 15.7. The topological polar surface area (TPSA) is 81.7 Å². The minimum atomic E-state index is -1.04. The van der Waals surface area contributed by atoms with Gasteiger partial charge in [-0.3, -0.25) is 4.79 Å². The normalized spacial score (nSPS) is 12.6. The van der Waals surface area contributed by atoms with Gasteiger partial charge in [-0.1, -0.05) is 0 Å². The van der Waals surface area contributed by atoms with E-state index >= 15 is 0 Å². The molecule has 2 amide bonds. The molecule has 1 atom stereocenters. The summed E-state index contributed by atoms with van der Waals surface area (Å²) in [5.74, 6) is -1.04. The second-order valence-electron chi connectivity index (χ2n) is 4.39. The molecule has 0 spiro atoms. The van der Waals surface area contributed by atoms with Crippen LogP contribution in [0.4, 0.5) is 4.79 Å². The molecule has 0 saturated carbocycles. The van der Waals surface area contributed by atoms with Crippen LogP contribution in [0.3, 0.4) is 0 Å². The van der Waals surface area contributed by atoms with Crippen molar-refractivity contribution >= 4 is 12.0 Å². The number of aliphatic carboxylic acids is 1. The molecule has 100 valence electrons. The van der Waals surface area contributed by atoms with E-state index in [2.05, 4.69) is 29.4 Å². The van der Waals surface area contributed by atoms with Crippen LogP contribution in [0.25, 0.3) is 0 Å². The summed E-state index contributed by atoms with van der Waals surface area (Å²) in [5, 5.41) is 13.5. The summed E-state index contributed by atoms with van der Waals surface area (Å²) in [6.45, 7) is 7.07. The number of carboxylic acids is 1. The Morgan fingerprint density at radius 1 is 1.29 bits per heavy atom. The highest BCUT2D eigenvalue weighted by Gasteiger charge is 2.13. The lowest BCUT2D eigenvalue weighted by molar-refractivity contribution is -0.138. The van der Waals surface area contributed by atoms with Gasteiger partial charge in [-0.15, -0.1) is 0 Å². The maximum absolute atomic E-state index is 11.2. The zero-order chi connectivity index (χ0) is 13.4. The van der Waals surface area contributed by atoms with Crippen molar-refractivity contribution in [3.05, 3.63) is 0 Å². The average Bonchev–Trinajstić information content (AvgIpc) is 2.23. The summed E-state index contributed by atoms with van der Waals surface area (Å²) in [4.78, 5) is 23.9. The molecule has 0 aliphatic carbocycles. The van der Waals surface area contributed by atoms with Gasteiger partial charge < -0.3 is 20.6 Å². The smallest absolute Gasteiger partial charge is 0.325 e. The van der Waals surface area contributed by atoms with Crippen LogP contribution < -0.4 is 10.6 Å². The van der Waals surface area contributed by atoms with E-state index < -0.39 is 18.0 Å². The lowest BCUT2D eigenvalue weighted by Crippen LogP contribution is -2.45. The molecule has 0 aromatic heterocycles. The fourth-order valence-electron chi connectivity index (χ4n) is 1.10. The van der Waals surface area contributed by atoms with Crippen LogP contribution in [0.1, 0.15) is 27.2 Å². The van der Waals surface area contributed by atoms with Crippen LogP contribution in [0, 0.1) is 0 Å². The zero-order valence-electron chi connectivity index (χ0n) is 11.0. The molecule has 6 heteroatoms. The highest BCUT2D eigenvalue weighted by atomic mass is 16.4. The van der Waals surface area contributed by atoms with Gasteiger partial charge in [-0.25, -0.2) is 4.79 Å². The summed E-state index contributed by atoms with van der Waals surface area (Å²) in [5.41, 5.74) is 0. The van der Waals surface area contributed by atoms with Gasteiger partial charge in [0.05, 0.1) is 0 Å². The van der Waals surface area contributed by atoms with Gasteiger partial charge in [-0.2, -0.15) is 0 Å². The summed E-state index contributed by atoms with van der Waals surface area (Å²) >= 11 is 0. The molecule has 0 aliphatic rings. The fourth-order valence-corrected chi connectivity index (χ4v) is 1.10. The second kappa shape index (κ2) is 7.89. The Morgan fingerprint density at radius 3 is 2.35 bits per heavy atom. The van der Waals surface area contributed by atoms with Crippen molar-refractivity contribution in [1.29, 1.82) is 0 Å². The summed E-state index contributed by atoms with van der Waals surface area (Å²) < 4.78 is 0. The Kier molecular flexibility index (Phi) is 7.29. The van der Waals surface area contributed by atoms with E-state index in [0.717, 1.165) is 13.0 Å². The number of nitrogens with zero attached hydrogens (tertiary/aromatic N) is 1. The molecule has 0 fully saturated rings. The number of hydrogen-bond acceptors (Lipinski definition) is 3. The number of hydrogen-bond donors (Lipinski definition) is 3. The third kappa shape index (κ3) is 7.57. The third-order valence-electron chi connectivity index (χ3n) is 2.57. The van der Waals surface area contributed by atoms with Crippen molar-refractivity contribution in [1.82, 2.24) is 15.5 Å². The Balaban J connectivity index is 3.62. The van der Waals surface area contributed by atoms with Crippen LogP contribution in [-0.4, -0.2) is 54.2 Å². The number of rotatable bonds is 7. The molecule has 0 rings (SSSR count). The number of carbonyl (C=O) groups is 2. The molecule has 0 aromatic rings. The lowest BCUT2D eigenvalue weighted by Gasteiger charge is -2.20. The molecular weight excluding hydrogens is 222 g/mol.